The van der Waals surface area contributed by atoms with Crippen molar-refractivity contribution in [2.24, 2.45) is 5.84 Å². The number of hydrogen-bond acceptors (Lipinski definition) is 3. The SMILES string of the molecule is NNC(=O)C(F)Oc1ccc(Cl)cc1. The summed E-state index contributed by atoms with van der Waals surface area (Å²) < 4.78 is 17.4. The first-order valence-corrected chi connectivity index (χ1v) is 4.08. The van der Waals surface area contributed by atoms with Crippen LogP contribution in [-0.2, 0) is 4.79 Å². The summed E-state index contributed by atoms with van der Waals surface area (Å²) >= 11 is 5.59. The first-order valence-electron chi connectivity index (χ1n) is 3.70. The van der Waals surface area contributed by atoms with Crippen LogP contribution in [0.2, 0.25) is 5.02 Å². The maximum atomic E-state index is 12.8. The monoisotopic (exact) mass is 218 g/mol. The van der Waals surface area contributed by atoms with Crippen LogP contribution in [0.1, 0.15) is 0 Å². The van der Waals surface area contributed by atoms with Crippen LogP contribution in [0.15, 0.2) is 24.3 Å². The standard InChI is InChI=1S/C8H8ClFN2O2/c9-5-1-3-6(4-2-5)14-7(10)8(13)12-11/h1-4,7H,11H2,(H,12,13). The number of nitrogens with one attached hydrogen (secondary N) is 1. The van der Waals surface area contributed by atoms with Gasteiger partial charge in [-0.3, -0.25) is 10.2 Å². The molecule has 14 heavy (non-hydrogen) atoms. The molecule has 1 aromatic carbocycles. The maximum absolute atomic E-state index is 12.8. The Bertz CT molecular complexity index is 318. The van der Waals surface area contributed by atoms with Crippen molar-refractivity contribution in [3.05, 3.63) is 29.3 Å². The average molecular weight is 219 g/mol. The number of amides is 1. The van der Waals surface area contributed by atoms with Crippen molar-refractivity contribution in [1.82, 2.24) is 5.43 Å². The minimum Gasteiger partial charge on any atom is -0.452 e. The van der Waals surface area contributed by atoms with E-state index in [0.717, 1.165) is 0 Å². The predicted molar refractivity (Wildman–Crippen MR) is 49.3 cm³/mol. The molecule has 0 heterocycles. The third-order valence-electron chi connectivity index (χ3n) is 1.40. The third-order valence-corrected chi connectivity index (χ3v) is 1.65. The van der Waals surface area contributed by atoms with E-state index in [1.54, 1.807) is 5.43 Å². The Morgan fingerprint density at radius 3 is 2.57 bits per heavy atom. The van der Waals surface area contributed by atoms with Crippen molar-refractivity contribution < 1.29 is 13.9 Å². The summed E-state index contributed by atoms with van der Waals surface area (Å²) in [6, 6.07) is 5.92. The summed E-state index contributed by atoms with van der Waals surface area (Å²) in [5, 5.41) is 0.496. The molecule has 76 valence electrons. The number of carbonyl (C=O) groups excluding carboxylic acids is 1. The lowest BCUT2D eigenvalue weighted by Gasteiger charge is -2.09. The smallest absolute Gasteiger partial charge is 0.318 e. The van der Waals surface area contributed by atoms with Gasteiger partial charge in [-0.15, -0.1) is 0 Å². The molecule has 6 heteroatoms. The first-order chi connectivity index (χ1) is 6.63. The molecule has 3 N–H and O–H groups in total. The van der Waals surface area contributed by atoms with Crippen LogP contribution in [-0.4, -0.2) is 12.3 Å². The van der Waals surface area contributed by atoms with E-state index >= 15 is 0 Å². The molecule has 1 aromatic rings. The van der Waals surface area contributed by atoms with Gasteiger partial charge in [-0.25, -0.2) is 5.84 Å². The molecule has 1 amide bonds. The van der Waals surface area contributed by atoms with Gasteiger partial charge in [0.05, 0.1) is 0 Å². The lowest BCUT2D eigenvalue weighted by molar-refractivity contribution is -0.135. The number of ether oxygens (including phenoxy) is 1. The molecule has 0 saturated heterocycles. The Balaban J connectivity index is 2.60. The fourth-order valence-electron chi connectivity index (χ4n) is 0.752. The molecule has 0 radical (unpaired) electrons. The molecule has 0 aliphatic heterocycles. The molecule has 0 spiro atoms. The largest absolute Gasteiger partial charge is 0.452 e. The quantitative estimate of drug-likeness (QED) is 0.452. The van der Waals surface area contributed by atoms with Gasteiger partial charge in [-0.1, -0.05) is 11.6 Å². The summed E-state index contributed by atoms with van der Waals surface area (Å²) in [6.07, 6.45) is -2.12. The molecule has 0 bridgehead atoms. The zero-order valence-corrected chi connectivity index (χ0v) is 7.79. The molecule has 1 unspecified atom stereocenters. The zero-order chi connectivity index (χ0) is 10.6. The summed E-state index contributed by atoms with van der Waals surface area (Å²) in [7, 11) is 0. The van der Waals surface area contributed by atoms with Crippen LogP contribution >= 0.6 is 11.6 Å². The number of rotatable bonds is 3. The number of alkyl halides is 1. The van der Waals surface area contributed by atoms with Crippen molar-refractivity contribution in [3.63, 3.8) is 0 Å². The number of hydrazine groups is 1. The van der Waals surface area contributed by atoms with Gasteiger partial charge in [0.15, 0.2) is 0 Å². The van der Waals surface area contributed by atoms with Crippen LogP contribution in [0, 0.1) is 0 Å². The molecule has 0 saturated carbocycles. The molecular formula is C8H8ClFN2O2. The second-order valence-electron chi connectivity index (χ2n) is 2.40. The van der Waals surface area contributed by atoms with Crippen LogP contribution in [0.3, 0.4) is 0 Å². The van der Waals surface area contributed by atoms with Crippen LogP contribution in [0.4, 0.5) is 4.39 Å². The molecule has 0 fully saturated rings. The Morgan fingerprint density at radius 2 is 2.07 bits per heavy atom. The fourth-order valence-corrected chi connectivity index (χ4v) is 0.878. The summed E-state index contributed by atoms with van der Waals surface area (Å²) in [5.74, 6) is 3.87. The number of nitrogens with two attached hydrogens (primary N) is 1. The zero-order valence-electron chi connectivity index (χ0n) is 7.04. The lowest BCUT2D eigenvalue weighted by atomic mass is 10.3. The first kappa shape index (κ1) is 10.7. The highest BCUT2D eigenvalue weighted by atomic mass is 35.5. The molecule has 0 aliphatic carbocycles. The van der Waals surface area contributed by atoms with Crippen LogP contribution in [0.5, 0.6) is 5.75 Å². The van der Waals surface area contributed by atoms with Gasteiger partial charge in [0, 0.05) is 5.02 Å². The van der Waals surface area contributed by atoms with E-state index in [-0.39, 0.29) is 5.75 Å². The van der Waals surface area contributed by atoms with Gasteiger partial charge < -0.3 is 4.74 Å². The molecule has 1 rings (SSSR count). The van der Waals surface area contributed by atoms with Crippen molar-refractivity contribution >= 4 is 17.5 Å². The number of benzene rings is 1. The number of hydrogen-bond donors (Lipinski definition) is 2. The van der Waals surface area contributed by atoms with Crippen molar-refractivity contribution in [2.75, 3.05) is 0 Å². The van der Waals surface area contributed by atoms with E-state index in [0.29, 0.717) is 5.02 Å². The van der Waals surface area contributed by atoms with Crippen molar-refractivity contribution in [1.29, 1.82) is 0 Å². The van der Waals surface area contributed by atoms with Gasteiger partial charge in [0.25, 0.3) is 0 Å². The minimum absolute atomic E-state index is 0.200. The van der Waals surface area contributed by atoms with Gasteiger partial charge in [0.1, 0.15) is 5.75 Å². The van der Waals surface area contributed by atoms with E-state index in [1.165, 1.54) is 24.3 Å². The number of carbonyl (C=O) groups is 1. The van der Waals surface area contributed by atoms with Crippen LogP contribution < -0.4 is 16.0 Å². The van der Waals surface area contributed by atoms with Crippen molar-refractivity contribution in [3.8, 4) is 5.75 Å². The fraction of sp³-hybridized carbons (Fsp3) is 0.125. The Morgan fingerprint density at radius 1 is 1.50 bits per heavy atom. The minimum atomic E-state index is -2.12. The molecule has 0 aromatic heterocycles. The highest BCUT2D eigenvalue weighted by Gasteiger charge is 2.17. The maximum Gasteiger partial charge on any atom is 0.318 e. The number of halogens is 2. The normalized spacial score (nSPS) is 11.9. The lowest BCUT2D eigenvalue weighted by Crippen LogP contribution is -2.39. The molecule has 4 nitrogen and oxygen atoms in total. The molecule has 0 aliphatic rings. The Kier molecular flexibility index (Phi) is 3.67. The van der Waals surface area contributed by atoms with E-state index < -0.39 is 12.3 Å². The predicted octanol–water partition coefficient (Wildman–Crippen LogP) is 1.00. The van der Waals surface area contributed by atoms with E-state index in [9.17, 15) is 9.18 Å². The van der Waals surface area contributed by atoms with E-state index in [1.807, 2.05) is 0 Å². The summed E-state index contributed by atoms with van der Waals surface area (Å²) in [4.78, 5) is 10.6. The van der Waals surface area contributed by atoms with E-state index in [4.69, 9.17) is 17.4 Å². The van der Waals surface area contributed by atoms with E-state index in [2.05, 4.69) is 4.74 Å². The molecular weight excluding hydrogens is 211 g/mol. The second-order valence-corrected chi connectivity index (χ2v) is 2.83. The highest BCUT2D eigenvalue weighted by Crippen LogP contribution is 2.16. The van der Waals surface area contributed by atoms with Gasteiger partial charge in [-0.05, 0) is 24.3 Å². The van der Waals surface area contributed by atoms with Gasteiger partial charge >= 0.3 is 12.3 Å². The van der Waals surface area contributed by atoms with Gasteiger partial charge in [0.2, 0.25) is 0 Å². The average Bonchev–Trinajstić information content (AvgIpc) is 2.20. The summed E-state index contributed by atoms with van der Waals surface area (Å²) in [5.41, 5.74) is 1.63. The molecule has 1 atom stereocenters. The van der Waals surface area contributed by atoms with Crippen molar-refractivity contribution in [2.45, 2.75) is 6.36 Å². The van der Waals surface area contributed by atoms with Crippen LogP contribution in [0.25, 0.3) is 0 Å². The third kappa shape index (κ3) is 2.86. The second kappa shape index (κ2) is 4.78. The Hall–Kier alpha value is -1.33. The topological polar surface area (TPSA) is 64.3 Å². The summed E-state index contributed by atoms with van der Waals surface area (Å²) in [6.45, 7) is 0. The highest BCUT2D eigenvalue weighted by molar-refractivity contribution is 6.30. The Labute approximate surface area is 84.8 Å². The van der Waals surface area contributed by atoms with Gasteiger partial charge in [-0.2, -0.15) is 4.39 Å².